The number of halogens is 1. The maximum atomic E-state index is 10.2. The van der Waals surface area contributed by atoms with Crippen molar-refractivity contribution in [2.24, 2.45) is 5.92 Å². The first-order valence-electron chi connectivity index (χ1n) is 6.18. The second-order valence-corrected chi connectivity index (χ2v) is 6.45. The fraction of sp³-hybridized carbons (Fsp3) is 0.571. The SMILES string of the molecule is Cc1ccc(C(O)CC2CCSCC2)cc1Cl. The number of aryl methyl sites for hydroxylation is 1. The standard InChI is InChI=1S/C14H19ClOS/c1-10-2-3-12(9-13(10)15)14(16)8-11-4-6-17-7-5-11/h2-3,9,11,14,16H,4-8H2,1H3. The highest BCUT2D eigenvalue weighted by atomic mass is 35.5. The zero-order valence-electron chi connectivity index (χ0n) is 10.2. The molecule has 1 aromatic carbocycles. The molecule has 0 spiro atoms. The molecule has 1 heterocycles. The van der Waals surface area contributed by atoms with E-state index in [1.165, 1.54) is 24.3 Å². The maximum absolute atomic E-state index is 10.2. The van der Waals surface area contributed by atoms with Crippen LogP contribution in [0.1, 0.15) is 36.5 Å². The quantitative estimate of drug-likeness (QED) is 0.888. The third-order valence-corrected chi connectivity index (χ3v) is 4.93. The van der Waals surface area contributed by atoms with Crippen LogP contribution in [0, 0.1) is 12.8 Å². The Balaban J connectivity index is 1.98. The zero-order valence-corrected chi connectivity index (χ0v) is 11.7. The minimum atomic E-state index is -0.360. The average Bonchev–Trinajstić information content (AvgIpc) is 2.34. The zero-order chi connectivity index (χ0) is 12.3. The molecule has 1 saturated heterocycles. The Morgan fingerprint density at radius 3 is 2.76 bits per heavy atom. The van der Waals surface area contributed by atoms with Crippen LogP contribution in [-0.4, -0.2) is 16.6 Å². The summed E-state index contributed by atoms with van der Waals surface area (Å²) in [5.74, 6) is 3.16. The topological polar surface area (TPSA) is 20.2 Å². The molecule has 0 aliphatic carbocycles. The summed E-state index contributed by atoms with van der Waals surface area (Å²) in [6.07, 6.45) is 2.99. The average molecular weight is 271 g/mol. The monoisotopic (exact) mass is 270 g/mol. The fourth-order valence-corrected chi connectivity index (χ4v) is 3.64. The second kappa shape index (κ2) is 6.12. The molecule has 0 bridgehead atoms. The van der Waals surface area contributed by atoms with E-state index < -0.39 is 0 Å². The molecule has 0 saturated carbocycles. The van der Waals surface area contributed by atoms with Crippen molar-refractivity contribution < 1.29 is 5.11 Å². The van der Waals surface area contributed by atoms with Crippen LogP contribution in [0.2, 0.25) is 5.02 Å². The molecule has 1 fully saturated rings. The summed E-state index contributed by atoms with van der Waals surface area (Å²) >= 11 is 8.11. The van der Waals surface area contributed by atoms with Crippen molar-refractivity contribution in [1.29, 1.82) is 0 Å². The highest BCUT2D eigenvalue weighted by molar-refractivity contribution is 7.99. The predicted molar refractivity (Wildman–Crippen MR) is 75.8 cm³/mol. The second-order valence-electron chi connectivity index (χ2n) is 4.82. The van der Waals surface area contributed by atoms with Crippen molar-refractivity contribution in [1.82, 2.24) is 0 Å². The lowest BCUT2D eigenvalue weighted by atomic mass is 9.92. The van der Waals surface area contributed by atoms with E-state index in [4.69, 9.17) is 11.6 Å². The summed E-state index contributed by atoms with van der Waals surface area (Å²) < 4.78 is 0. The van der Waals surface area contributed by atoms with E-state index in [-0.39, 0.29) is 6.10 Å². The molecule has 3 heteroatoms. The van der Waals surface area contributed by atoms with Crippen molar-refractivity contribution in [2.75, 3.05) is 11.5 Å². The summed E-state index contributed by atoms with van der Waals surface area (Å²) in [7, 11) is 0. The number of aliphatic hydroxyl groups is 1. The number of aliphatic hydroxyl groups excluding tert-OH is 1. The Morgan fingerprint density at radius 2 is 2.12 bits per heavy atom. The van der Waals surface area contributed by atoms with Crippen LogP contribution in [0.25, 0.3) is 0 Å². The Hall–Kier alpha value is -0.180. The first-order chi connectivity index (χ1) is 8.16. The Kier molecular flexibility index (Phi) is 4.78. The van der Waals surface area contributed by atoms with Gasteiger partial charge in [0.2, 0.25) is 0 Å². The summed E-state index contributed by atoms with van der Waals surface area (Å²) in [5.41, 5.74) is 2.02. The first kappa shape index (κ1) is 13.3. The predicted octanol–water partition coefficient (Wildman–Crippen LogP) is 4.22. The number of hydrogen-bond donors (Lipinski definition) is 1. The van der Waals surface area contributed by atoms with Gasteiger partial charge in [0, 0.05) is 5.02 Å². The number of thioether (sulfide) groups is 1. The molecule has 1 aromatic rings. The van der Waals surface area contributed by atoms with Crippen molar-refractivity contribution in [3.8, 4) is 0 Å². The van der Waals surface area contributed by atoms with Gasteiger partial charge in [-0.05, 0) is 60.8 Å². The van der Waals surface area contributed by atoms with E-state index in [2.05, 4.69) is 0 Å². The third kappa shape index (κ3) is 3.64. The smallest absolute Gasteiger partial charge is 0.0793 e. The van der Waals surface area contributed by atoms with Gasteiger partial charge >= 0.3 is 0 Å². The molecular formula is C14H19ClOS. The molecule has 2 rings (SSSR count). The molecule has 0 radical (unpaired) electrons. The van der Waals surface area contributed by atoms with Gasteiger partial charge in [-0.2, -0.15) is 11.8 Å². The van der Waals surface area contributed by atoms with Gasteiger partial charge in [-0.25, -0.2) is 0 Å². The highest BCUT2D eigenvalue weighted by Crippen LogP contribution is 2.32. The molecule has 0 amide bonds. The molecule has 1 atom stereocenters. The van der Waals surface area contributed by atoms with Crippen LogP contribution >= 0.6 is 23.4 Å². The summed E-state index contributed by atoms with van der Waals surface area (Å²) in [4.78, 5) is 0. The van der Waals surface area contributed by atoms with Crippen molar-refractivity contribution in [2.45, 2.75) is 32.3 Å². The van der Waals surface area contributed by atoms with Crippen LogP contribution in [0.15, 0.2) is 18.2 Å². The van der Waals surface area contributed by atoms with Gasteiger partial charge in [0.25, 0.3) is 0 Å². The number of benzene rings is 1. The molecule has 1 N–H and O–H groups in total. The summed E-state index contributed by atoms with van der Waals surface area (Å²) in [6, 6.07) is 5.88. The lowest BCUT2D eigenvalue weighted by Gasteiger charge is -2.24. The number of hydrogen-bond acceptors (Lipinski definition) is 2. The van der Waals surface area contributed by atoms with Crippen LogP contribution < -0.4 is 0 Å². The van der Waals surface area contributed by atoms with Crippen LogP contribution in [0.4, 0.5) is 0 Å². The van der Waals surface area contributed by atoms with Crippen molar-refractivity contribution in [3.05, 3.63) is 34.3 Å². The molecule has 0 aromatic heterocycles. The molecule has 1 unspecified atom stereocenters. The normalized spacial score (nSPS) is 19.2. The summed E-state index contributed by atoms with van der Waals surface area (Å²) in [5, 5.41) is 11.0. The van der Waals surface area contributed by atoms with Gasteiger partial charge in [0.05, 0.1) is 6.10 Å². The van der Waals surface area contributed by atoms with E-state index in [9.17, 15) is 5.11 Å². The van der Waals surface area contributed by atoms with Crippen molar-refractivity contribution in [3.63, 3.8) is 0 Å². The van der Waals surface area contributed by atoms with E-state index in [1.54, 1.807) is 0 Å². The Bertz CT molecular complexity index is 374. The van der Waals surface area contributed by atoms with Gasteiger partial charge in [-0.3, -0.25) is 0 Å². The van der Waals surface area contributed by atoms with Crippen LogP contribution in [0.5, 0.6) is 0 Å². The lowest BCUT2D eigenvalue weighted by molar-refractivity contribution is 0.141. The molecule has 1 nitrogen and oxygen atoms in total. The Morgan fingerprint density at radius 1 is 1.41 bits per heavy atom. The summed E-state index contributed by atoms with van der Waals surface area (Å²) in [6.45, 7) is 1.98. The minimum Gasteiger partial charge on any atom is -0.388 e. The molecular weight excluding hydrogens is 252 g/mol. The van der Waals surface area contributed by atoms with Gasteiger partial charge in [0.1, 0.15) is 0 Å². The van der Waals surface area contributed by atoms with Crippen LogP contribution in [-0.2, 0) is 0 Å². The first-order valence-corrected chi connectivity index (χ1v) is 7.72. The third-order valence-electron chi connectivity index (χ3n) is 3.48. The lowest BCUT2D eigenvalue weighted by Crippen LogP contribution is -2.13. The van der Waals surface area contributed by atoms with Gasteiger partial charge in [-0.15, -0.1) is 0 Å². The van der Waals surface area contributed by atoms with Gasteiger partial charge in [0.15, 0.2) is 0 Å². The van der Waals surface area contributed by atoms with Crippen molar-refractivity contribution >= 4 is 23.4 Å². The maximum Gasteiger partial charge on any atom is 0.0793 e. The number of rotatable bonds is 3. The van der Waals surface area contributed by atoms with Crippen LogP contribution in [0.3, 0.4) is 0 Å². The highest BCUT2D eigenvalue weighted by Gasteiger charge is 2.19. The molecule has 17 heavy (non-hydrogen) atoms. The molecule has 1 aliphatic heterocycles. The van der Waals surface area contributed by atoms with Gasteiger partial charge in [-0.1, -0.05) is 23.7 Å². The van der Waals surface area contributed by atoms with E-state index in [0.29, 0.717) is 5.92 Å². The van der Waals surface area contributed by atoms with E-state index >= 15 is 0 Å². The molecule has 1 aliphatic rings. The molecule has 94 valence electrons. The van der Waals surface area contributed by atoms with E-state index in [0.717, 1.165) is 22.6 Å². The fourth-order valence-electron chi connectivity index (χ4n) is 2.25. The Labute approximate surface area is 113 Å². The largest absolute Gasteiger partial charge is 0.388 e. The minimum absolute atomic E-state index is 0.360. The van der Waals surface area contributed by atoms with Gasteiger partial charge < -0.3 is 5.11 Å². The van der Waals surface area contributed by atoms with E-state index in [1.807, 2.05) is 36.9 Å².